The normalized spacial score (nSPS) is 11.0. The molecule has 0 amide bonds. The van der Waals surface area contributed by atoms with Gasteiger partial charge in [0, 0.05) is 0 Å². The second kappa shape index (κ2) is 10.5. The Morgan fingerprint density at radius 3 is 1.41 bits per heavy atom. The predicted molar refractivity (Wildman–Crippen MR) is 105 cm³/mol. The van der Waals surface area contributed by atoms with Gasteiger partial charge in [0.1, 0.15) is 13.2 Å². The fourth-order valence-electron chi connectivity index (χ4n) is 3.19. The summed E-state index contributed by atoms with van der Waals surface area (Å²) in [6.07, 6.45) is 2.23. The van der Waals surface area contributed by atoms with E-state index < -0.39 is 17.4 Å². The Hall–Kier alpha value is -2.62. The topological polar surface area (TPSA) is 52.6 Å². The number of carbonyl (C=O) groups is 2. The fraction of sp³-hybridized carbons (Fsp3) is 0.391. The molecule has 0 heterocycles. The van der Waals surface area contributed by atoms with Crippen LogP contribution in [0.3, 0.4) is 0 Å². The van der Waals surface area contributed by atoms with Crippen LogP contribution in [-0.2, 0) is 32.3 Å². The van der Waals surface area contributed by atoms with Crippen molar-refractivity contribution in [1.29, 1.82) is 0 Å². The summed E-state index contributed by atoms with van der Waals surface area (Å²) in [6.45, 7) is 4.22. The van der Waals surface area contributed by atoms with Crippen LogP contribution in [0.15, 0.2) is 60.7 Å². The summed E-state index contributed by atoms with van der Waals surface area (Å²) in [7, 11) is 0. The minimum absolute atomic E-state index is 0.154. The molecule has 4 heteroatoms. The Morgan fingerprint density at radius 1 is 0.704 bits per heavy atom. The first-order valence-electron chi connectivity index (χ1n) is 9.54. The van der Waals surface area contributed by atoms with Crippen LogP contribution in [-0.4, -0.2) is 11.9 Å². The summed E-state index contributed by atoms with van der Waals surface area (Å²) in [5, 5.41) is 0. The Morgan fingerprint density at radius 2 is 1.07 bits per heavy atom. The highest BCUT2D eigenvalue weighted by Gasteiger charge is 2.47. The molecule has 0 bridgehead atoms. The lowest BCUT2D eigenvalue weighted by atomic mass is 9.79. The number of carbonyl (C=O) groups excluding carboxylic acids is 2. The molecule has 0 aliphatic rings. The smallest absolute Gasteiger partial charge is 0.323 e. The molecule has 0 spiro atoms. The maximum Gasteiger partial charge on any atom is 0.323 e. The Kier molecular flexibility index (Phi) is 8.05. The molecule has 0 atom stereocenters. The first-order valence-corrected chi connectivity index (χ1v) is 9.54. The second-order valence-electron chi connectivity index (χ2n) is 6.71. The Balaban J connectivity index is 2.11. The molecule has 0 aliphatic carbocycles. The molecule has 144 valence electrons. The zero-order valence-corrected chi connectivity index (χ0v) is 16.1. The van der Waals surface area contributed by atoms with Gasteiger partial charge in [0.15, 0.2) is 5.41 Å². The lowest BCUT2D eigenvalue weighted by Gasteiger charge is -2.29. The molecule has 2 rings (SSSR count). The van der Waals surface area contributed by atoms with Gasteiger partial charge in [-0.1, -0.05) is 87.4 Å². The number of benzene rings is 2. The molecule has 0 unspecified atom stereocenters. The molecule has 0 saturated heterocycles. The monoisotopic (exact) mass is 368 g/mol. The molecule has 0 aromatic heterocycles. The van der Waals surface area contributed by atoms with Gasteiger partial charge in [-0.05, 0) is 24.0 Å². The standard InChI is InChI=1S/C23H28O4/c1-3-15-23(16-4-2,21(24)26-17-19-11-7-5-8-12-19)22(25)27-18-20-13-9-6-10-14-20/h5-14H,3-4,15-18H2,1-2H3. The van der Waals surface area contributed by atoms with E-state index >= 15 is 0 Å². The lowest BCUT2D eigenvalue weighted by Crippen LogP contribution is -2.42. The van der Waals surface area contributed by atoms with E-state index in [1.54, 1.807) is 0 Å². The lowest BCUT2D eigenvalue weighted by molar-refractivity contribution is -0.175. The molecule has 2 aromatic carbocycles. The highest BCUT2D eigenvalue weighted by molar-refractivity contribution is 6.00. The van der Waals surface area contributed by atoms with Crippen molar-refractivity contribution in [2.45, 2.75) is 52.7 Å². The number of esters is 2. The van der Waals surface area contributed by atoms with Gasteiger partial charge >= 0.3 is 11.9 Å². The van der Waals surface area contributed by atoms with Crippen molar-refractivity contribution in [3.05, 3.63) is 71.8 Å². The van der Waals surface area contributed by atoms with Crippen LogP contribution < -0.4 is 0 Å². The Bertz CT molecular complexity index is 646. The second-order valence-corrected chi connectivity index (χ2v) is 6.71. The third-order valence-electron chi connectivity index (χ3n) is 4.56. The van der Waals surface area contributed by atoms with Crippen molar-refractivity contribution in [3.8, 4) is 0 Å². The predicted octanol–water partition coefficient (Wildman–Crippen LogP) is 5.06. The van der Waals surface area contributed by atoms with Gasteiger partial charge in [-0.15, -0.1) is 0 Å². The molecule has 0 N–H and O–H groups in total. The summed E-state index contributed by atoms with van der Waals surface area (Å²) in [4.78, 5) is 25.9. The zero-order valence-electron chi connectivity index (χ0n) is 16.1. The minimum atomic E-state index is -1.24. The molecule has 0 saturated carbocycles. The van der Waals surface area contributed by atoms with Crippen LogP contribution in [0.4, 0.5) is 0 Å². The summed E-state index contributed by atoms with van der Waals surface area (Å²) in [5.74, 6) is -0.985. The van der Waals surface area contributed by atoms with Gasteiger partial charge in [-0.25, -0.2) is 0 Å². The van der Waals surface area contributed by atoms with Gasteiger partial charge in [-0.2, -0.15) is 0 Å². The summed E-state index contributed by atoms with van der Waals surface area (Å²) in [5.41, 5.74) is 0.545. The zero-order chi connectivity index (χ0) is 19.5. The van der Waals surface area contributed by atoms with E-state index in [0.29, 0.717) is 25.7 Å². The quantitative estimate of drug-likeness (QED) is 0.434. The van der Waals surface area contributed by atoms with Gasteiger partial charge in [0.25, 0.3) is 0 Å². The van der Waals surface area contributed by atoms with Crippen molar-refractivity contribution in [3.63, 3.8) is 0 Å². The summed E-state index contributed by atoms with van der Waals surface area (Å²) < 4.78 is 11.1. The minimum Gasteiger partial charge on any atom is -0.460 e. The average molecular weight is 368 g/mol. The van der Waals surface area contributed by atoms with Crippen molar-refractivity contribution in [2.75, 3.05) is 0 Å². The maximum absolute atomic E-state index is 12.9. The molecule has 2 aromatic rings. The molecular formula is C23H28O4. The maximum atomic E-state index is 12.9. The third kappa shape index (κ3) is 5.68. The van der Waals surface area contributed by atoms with Crippen LogP contribution >= 0.6 is 0 Å². The van der Waals surface area contributed by atoms with Gasteiger partial charge in [0.05, 0.1) is 0 Å². The van der Waals surface area contributed by atoms with Crippen LogP contribution in [0, 0.1) is 5.41 Å². The van der Waals surface area contributed by atoms with Gasteiger partial charge < -0.3 is 9.47 Å². The molecule has 0 radical (unpaired) electrons. The fourth-order valence-corrected chi connectivity index (χ4v) is 3.19. The number of hydrogen-bond acceptors (Lipinski definition) is 4. The van der Waals surface area contributed by atoms with Gasteiger partial charge in [-0.3, -0.25) is 9.59 Å². The van der Waals surface area contributed by atoms with Crippen molar-refractivity contribution >= 4 is 11.9 Å². The number of rotatable bonds is 10. The van der Waals surface area contributed by atoms with Gasteiger partial charge in [0.2, 0.25) is 0 Å². The van der Waals surface area contributed by atoms with Crippen molar-refractivity contribution < 1.29 is 19.1 Å². The highest BCUT2D eigenvalue weighted by atomic mass is 16.6. The van der Waals surface area contributed by atoms with E-state index in [-0.39, 0.29) is 13.2 Å². The third-order valence-corrected chi connectivity index (χ3v) is 4.56. The van der Waals surface area contributed by atoms with E-state index in [4.69, 9.17) is 9.47 Å². The average Bonchev–Trinajstić information content (AvgIpc) is 2.71. The molecule has 0 fully saturated rings. The number of hydrogen-bond donors (Lipinski definition) is 0. The summed E-state index contributed by atoms with van der Waals surface area (Å²) in [6, 6.07) is 18.9. The van der Waals surface area contributed by atoms with Crippen LogP contribution in [0.2, 0.25) is 0 Å². The van der Waals surface area contributed by atoms with E-state index in [0.717, 1.165) is 11.1 Å². The first kappa shape index (κ1) is 20.7. The first-order chi connectivity index (χ1) is 13.1. The van der Waals surface area contributed by atoms with Crippen molar-refractivity contribution in [1.82, 2.24) is 0 Å². The van der Waals surface area contributed by atoms with Crippen LogP contribution in [0.1, 0.15) is 50.7 Å². The number of ether oxygens (including phenoxy) is 2. The summed E-state index contributed by atoms with van der Waals surface area (Å²) >= 11 is 0. The largest absolute Gasteiger partial charge is 0.460 e. The molecule has 0 aliphatic heterocycles. The molecule has 4 nitrogen and oxygen atoms in total. The highest BCUT2D eigenvalue weighted by Crippen LogP contribution is 2.34. The van der Waals surface area contributed by atoms with Crippen LogP contribution in [0.25, 0.3) is 0 Å². The van der Waals surface area contributed by atoms with E-state index in [1.807, 2.05) is 74.5 Å². The Labute approximate surface area is 161 Å². The molecule has 27 heavy (non-hydrogen) atoms. The van der Waals surface area contributed by atoms with E-state index in [2.05, 4.69) is 0 Å². The molecular weight excluding hydrogens is 340 g/mol. The SMILES string of the molecule is CCCC(CCC)(C(=O)OCc1ccccc1)C(=O)OCc1ccccc1. The van der Waals surface area contributed by atoms with E-state index in [1.165, 1.54) is 0 Å². The van der Waals surface area contributed by atoms with Crippen LogP contribution in [0.5, 0.6) is 0 Å². The van der Waals surface area contributed by atoms with E-state index in [9.17, 15) is 9.59 Å². The van der Waals surface area contributed by atoms with Crippen molar-refractivity contribution in [2.24, 2.45) is 5.41 Å².